The smallest absolute Gasteiger partial charge is 0.229 e. The Hall–Kier alpha value is -0.710. The number of carbonyl (C=O) groups excluding carboxylic acids is 1. The van der Waals surface area contributed by atoms with Crippen LogP contribution in [-0.2, 0) is 4.79 Å². The van der Waals surface area contributed by atoms with Crippen LogP contribution in [0.5, 0.6) is 0 Å². The Bertz CT molecular complexity index is 207. The normalized spacial score (nSPS) is 13.8. The van der Waals surface area contributed by atoms with Crippen LogP contribution in [0.4, 0.5) is 0 Å². The Labute approximate surface area is 89.1 Å². The summed E-state index contributed by atoms with van der Waals surface area (Å²) >= 11 is 1.31. The van der Waals surface area contributed by atoms with Gasteiger partial charge in [0.05, 0.1) is 5.92 Å². The first kappa shape index (κ1) is 13.3. The van der Waals surface area contributed by atoms with Gasteiger partial charge in [0.2, 0.25) is 5.91 Å². The number of nitrogens with one attached hydrogen (secondary N) is 1. The van der Waals surface area contributed by atoms with Crippen LogP contribution in [0, 0.1) is 5.92 Å². The lowest BCUT2D eigenvalue weighted by Gasteiger charge is -2.14. The fourth-order valence-electron chi connectivity index (χ4n) is 1.20. The molecule has 5 heteroatoms. The molecule has 1 unspecified atom stereocenters. The minimum atomic E-state index is -0.306. The highest BCUT2D eigenvalue weighted by Crippen LogP contribution is 2.17. The van der Waals surface area contributed by atoms with Crippen LogP contribution >= 0.6 is 11.8 Å². The molecule has 0 aliphatic rings. The highest BCUT2D eigenvalue weighted by Gasteiger charge is 2.22. The molecule has 0 saturated carbocycles. The van der Waals surface area contributed by atoms with E-state index in [1.54, 1.807) is 13.3 Å². The predicted octanol–water partition coefficient (Wildman–Crippen LogP) is 1.69. The fourth-order valence-corrected chi connectivity index (χ4v) is 1.79. The minimum absolute atomic E-state index is 0.0828. The summed E-state index contributed by atoms with van der Waals surface area (Å²) in [6.45, 7) is 2.07. The molecular weight excluding hydrogens is 200 g/mol. The van der Waals surface area contributed by atoms with Crippen LogP contribution in [-0.4, -0.2) is 29.5 Å². The molecule has 0 aromatic heterocycles. The number of thioether (sulfide) groups is 1. The van der Waals surface area contributed by atoms with Gasteiger partial charge in [-0.15, -0.1) is 11.8 Å². The molecule has 0 bridgehead atoms. The van der Waals surface area contributed by atoms with Crippen LogP contribution in [0.2, 0.25) is 0 Å². The van der Waals surface area contributed by atoms with E-state index in [4.69, 9.17) is 5.21 Å². The molecule has 0 aliphatic heterocycles. The average Bonchev–Trinajstić information content (AvgIpc) is 2.23. The molecule has 4 nitrogen and oxygen atoms in total. The van der Waals surface area contributed by atoms with Crippen molar-refractivity contribution in [1.82, 2.24) is 5.32 Å². The summed E-state index contributed by atoms with van der Waals surface area (Å²) in [6.07, 6.45) is 4.52. The third-order valence-corrected chi connectivity index (χ3v) is 2.80. The van der Waals surface area contributed by atoms with Gasteiger partial charge in [0, 0.05) is 7.05 Å². The Balaban J connectivity index is 4.45. The summed E-state index contributed by atoms with van der Waals surface area (Å²) in [5.41, 5.74) is 0. The average molecular weight is 218 g/mol. The highest BCUT2D eigenvalue weighted by molar-refractivity contribution is 8.13. The van der Waals surface area contributed by atoms with Crippen molar-refractivity contribution >= 4 is 22.7 Å². The lowest BCUT2D eigenvalue weighted by Crippen LogP contribution is -2.31. The first-order chi connectivity index (χ1) is 6.71. The van der Waals surface area contributed by atoms with Crippen molar-refractivity contribution < 1.29 is 10.0 Å². The number of oxime groups is 1. The number of hydrogen-bond donors (Lipinski definition) is 2. The molecule has 1 amide bonds. The Morgan fingerprint density at radius 2 is 2.29 bits per heavy atom. The lowest BCUT2D eigenvalue weighted by molar-refractivity contribution is -0.122. The molecule has 0 aliphatic carbocycles. The fraction of sp³-hybridized carbons (Fsp3) is 0.778. The van der Waals surface area contributed by atoms with Crippen molar-refractivity contribution in [2.24, 2.45) is 11.1 Å². The SMILES string of the molecule is CCCCC(C(=O)NC)/C(=N/O)SC. The molecule has 0 rings (SSSR count). The summed E-state index contributed by atoms with van der Waals surface area (Å²) in [5, 5.41) is 14.9. The van der Waals surface area contributed by atoms with E-state index in [-0.39, 0.29) is 11.8 Å². The van der Waals surface area contributed by atoms with Crippen LogP contribution in [0.25, 0.3) is 0 Å². The summed E-state index contributed by atoms with van der Waals surface area (Å²) in [4.78, 5) is 11.5. The van der Waals surface area contributed by atoms with Gasteiger partial charge in [-0.1, -0.05) is 24.9 Å². The number of hydrogen-bond acceptors (Lipinski definition) is 4. The zero-order valence-electron chi connectivity index (χ0n) is 8.91. The number of nitrogens with zero attached hydrogens (tertiary/aromatic N) is 1. The van der Waals surface area contributed by atoms with E-state index in [9.17, 15) is 4.79 Å². The van der Waals surface area contributed by atoms with Gasteiger partial charge in [-0.05, 0) is 12.7 Å². The van der Waals surface area contributed by atoms with Gasteiger partial charge in [-0.3, -0.25) is 4.79 Å². The van der Waals surface area contributed by atoms with Gasteiger partial charge in [-0.25, -0.2) is 0 Å². The zero-order chi connectivity index (χ0) is 11.0. The first-order valence-electron chi connectivity index (χ1n) is 4.68. The van der Waals surface area contributed by atoms with Gasteiger partial charge in [0.1, 0.15) is 5.04 Å². The predicted molar refractivity (Wildman–Crippen MR) is 59.8 cm³/mol. The molecule has 14 heavy (non-hydrogen) atoms. The third kappa shape index (κ3) is 4.00. The molecule has 0 spiro atoms. The maximum Gasteiger partial charge on any atom is 0.229 e. The summed E-state index contributed by atoms with van der Waals surface area (Å²) in [6, 6.07) is 0. The standard InChI is InChI=1S/C9H18N2O2S/c1-4-5-6-7(8(12)10-2)9(11-13)14-3/h7,13H,4-6H2,1-3H3,(H,10,12)/b11-9-. The molecule has 0 saturated heterocycles. The number of carbonyl (C=O) groups is 1. The quantitative estimate of drug-likeness (QED) is 0.319. The molecule has 0 aromatic rings. The maximum atomic E-state index is 11.5. The topological polar surface area (TPSA) is 61.7 Å². The Kier molecular flexibility index (Phi) is 7.28. The first-order valence-corrected chi connectivity index (χ1v) is 5.91. The second-order valence-corrected chi connectivity index (χ2v) is 3.78. The van der Waals surface area contributed by atoms with Crippen molar-refractivity contribution in [2.75, 3.05) is 13.3 Å². The molecule has 0 aromatic carbocycles. The molecule has 82 valence electrons. The van der Waals surface area contributed by atoms with E-state index in [0.29, 0.717) is 5.04 Å². The number of amides is 1. The lowest BCUT2D eigenvalue weighted by atomic mass is 10.0. The van der Waals surface area contributed by atoms with Crippen LogP contribution in [0.15, 0.2) is 5.16 Å². The summed E-state index contributed by atoms with van der Waals surface area (Å²) in [5.74, 6) is -0.388. The Morgan fingerprint density at radius 1 is 1.64 bits per heavy atom. The van der Waals surface area contributed by atoms with Gasteiger partial charge >= 0.3 is 0 Å². The van der Waals surface area contributed by atoms with E-state index in [1.165, 1.54) is 11.8 Å². The van der Waals surface area contributed by atoms with Crippen molar-refractivity contribution in [3.05, 3.63) is 0 Å². The second kappa shape index (κ2) is 7.67. The van der Waals surface area contributed by atoms with E-state index in [2.05, 4.69) is 17.4 Å². The van der Waals surface area contributed by atoms with Crippen LogP contribution in [0.1, 0.15) is 26.2 Å². The van der Waals surface area contributed by atoms with Gasteiger partial charge < -0.3 is 10.5 Å². The summed E-state index contributed by atoms with van der Waals surface area (Å²) in [7, 11) is 1.59. The molecule has 0 heterocycles. The largest absolute Gasteiger partial charge is 0.410 e. The summed E-state index contributed by atoms with van der Waals surface area (Å²) < 4.78 is 0. The molecule has 0 fully saturated rings. The Morgan fingerprint density at radius 3 is 2.64 bits per heavy atom. The van der Waals surface area contributed by atoms with Gasteiger partial charge in [0.25, 0.3) is 0 Å². The number of unbranched alkanes of at least 4 members (excludes halogenated alkanes) is 1. The van der Waals surface area contributed by atoms with E-state index < -0.39 is 0 Å². The van der Waals surface area contributed by atoms with Crippen molar-refractivity contribution in [3.63, 3.8) is 0 Å². The molecule has 2 N–H and O–H groups in total. The number of rotatable bonds is 5. The van der Waals surface area contributed by atoms with Gasteiger partial charge in [0.15, 0.2) is 0 Å². The van der Waals surface area contributed by atoms with Crippen molar-refractivity contribution in [3.8, 4) is 0 Å². The van der Waals surface area contributed by atoms with Crippen molar-refractivity contribution in [1.29, 1.82) is 0 Å². The van der Waals surface area contributed by atoms with E-state index in [1.807, 2.05) is 0 Å². The van der Waals surface area contributed by atoms with E-state index >= 15 is 0 Å². The second-order valence-electron chi connectivity index (χ2n) is 2.95. The van der Waals surface area contributed by atoms with Crippen molar-refractivity contribution in [2.45, 2.75) is 26.2 Å². The van der Waals surface area contributed by atoms with Crippen LogP contribution in [0.3, 0.4) is 0 Å². The minimum Gasteiger partial charge on any atom is -0.410 e. The third-order valence-electron chi connectivity index (χ3n) is 2.02. The monoisotopic (exact) mass is 218 g/mol. The highest BCUT2D eigenvalue weighted by atomic mass is 32.2. The molecular formula is C9H18N2O2S. The maximum absolute atomic E-state index is 11.5. The van der Waals surface area contributed by atoms with Gasteiger partial charge in [-0.2, -0.15) is 0 Å². The zero-order valence-corrected chi connectivity index (χ0v) is 9.73. The van der Waals surface area contributed by atoms with Crippen LogP contribution < -0.4 is 5.32 Å². The van der Waals surface area contributed by atoms with E-state index in [0.717, 1.165) is 19.3 Å². The molecule has 1 atom stereocenters. The molecule has 0 radical (unpaired) electrons.